The number of piperidine rings is 1. The molecule has 5 nitrogen and oxygen atoms in total. The van der Waals surface area contributed by atoms with Crippen LogP contribution in [0.3, 0.4) is 0 Å². The minimum Gasteiger partial charge on any atom is -0.342 e. The Kier molecular flexibility index (Phi) is 5.17. The molecule has 1 aromatic carbocycles. The Morgan fingerprint density at radius 2 is 1.86 bits per heavy atom. The van der Waals surface area contributed by atoms with Gasteiger partial charge in [-0.2, -0.15) is 0 Å². The predicted octanol–water partition coefficient (Wildman–Crippen LogP) is 2.90. The highest BCUT2D eigenvalue weighted by Gasteiger charge is 2.52. The van der Waals surface area contributed by atoms with E-state index in [0.29, 0.717) is 19.6 Å². The summed E-state index contributed by atoms with van der Waals surface area (Å²) >= 11 is 0. The molecule has 2 amide bonds. The van der Waals surface area contributed by atoms with Crippen molar-refractivity contribution in [3.05, 3.63) is 35.6 Å². The van der Waals surface area contributed by atoms with Gasteiger partial charge < -0.3 is 9.80 Å². The molecule has 0 bridgehead atoms. The largest absolute Gasteiger partial charge is 0.342 e. The molecule has 0 unspecified atom stereocenters. The second-order valence-corrected chi connectivity index (χ2v) is 8.90. The fraction of sp³-hybridized carbons (Fsp3) is 0.636. The lowest BCUT2D eigenvalue weighted by Gasteiger charge is -2.46. The second kappa shape index (κ2) is 7.47. The standard InChI is InChI=1S/C22H30FN3O2/c1-15(2)19-21(28)26(14-16-6-8-18(23)9-7-16)22(24-19)10-12-25(13-11-22)20(27)17-4-3-5-17/h6-9,15,17,19,24H,3-5,10-14H2,1-2H3/t19-/m1/s1. The average Bonchev–Trinajstić information content (AvgIpc) is 2.89. The van der Waals surface area contributed by atoms with Crippen LogP contribution in [0.4, 0.5) is 4.39 Å². The minimum absolute atomic E-state index is 0.109. The first-order valence-corrected chi connectivity index (χ1v) is 10.5. The first kappa shape index (κ1) is 19.4. The second-order valence-electron chi connectivity index (χ2n) is 8.90. The summed E-state index contributed by atoms with van der Waals surface area (Å²) in [7, 11) is 0. The van der Waals surface area contributed by atoms with Crippen molar-refractivity contribution in [3.8, 4) is 0 Å². The summed E-state index contributed by atoms with van der Waals surface area (Å²) in [6.45, 7) is 5.94. The van der Waals surface area contributed by atoms with Crippen molar-refractivity contribution in [1.29, 1.82) is 0 Å². The summed E-state index contributed by atoms with van der Waals surface area (Å²) in [6, 6.07) is 6.16. The van der Waals surface area contributed by atoms with Gasteiger partial charge in [-0.05, 0) is 36.5 Å². The topological polar surface area (TPSA) is 52.7 Å². The molecule has 1 saturated carbocycles. The van der Waals surface area contributed by atoms with Crippen molar-refractivity contribution >= 4 is 11.8 Å². The molecule has 1 N–H and O–H groups in total. The molecule has 1 spiro atoms. The monoisotopic (exact) mass is 387 g/mol. The van der Waals surface area contributed by atoms with Crippen LogP contribution >= 0.6 is 0 Å². The number of carbonyl (C=O) groups is 2. The average molecular weight is 387 g/mol. The van der Waals surface area contributed by atoms with E-state index < -0.39 is 5.66 Å². The Morgan fingerprint density at radius 1 is 1.21 bits per heavy atom. The molecular formula is C22H30FN3O2. The first-order chi connectivity index (χ1) is 13.4. The number of amides is 2. The van der Waals surface area contributed by atoms with E-state index >= 15 is 0 Å². The van der Waals surface area contributed by atoms with Gasteiger partial charge in [-0.25, -0.2) is 4.39 Å². The van der Waals surface area contributed by atoms with Crippen LogP contribution in [-0.2, 0) is 16.1 Å². The number of nitrogens with one attached hydrogen (secondary N) is 1. The zero-order chi connectivity index (χ0) is 19.9. The summed E-state index contributed by atoms with van der Waals surface area (Å²) in [4.78, 5) is 29.7. The van der Waals surface area contributed by atoms with Crippen LogP contribution in [0.1, 0.15) is 51.5 Å². The van der Waals surface area contributed by atoms with Crippen LogP contribution in [-0.4, -0.2) is 46.4 Å². The summed E-state index contributed by atoms with van der Waals surface area (Å²) in [5.74, 6) is 0.532. The SMILES string of the molecule is CC(C)[C@H]1NC2(CCN(C(=O)C3CCC3)CC2)N(Cc2ccc(F)cc2)C1=O. The zero-order valence-electron chi connectivity index (χ0n) is 16.8. The lowest BCUT2D eigenvalue weighted by atomic mass is 9.83. The van der Waals surface area contributed by atoms with Gasteiger partial charge in [0.15, 0.2) is 0 Å². The number of nitrogens with zero attached hydrogens (tertiary/aromatic N) is 2. The third-order valence-corrected chi connectivity index (χ3v) is 6.75. The number of carbonyl (C=O) groups excluding carboxylic acids is 2. The Balaban J connectivity index is 1.52. The van der Waals surface area contributed by atoms with Crippen LogP contribution in [0, 0.1) is 17.7 Å². The highest BCUT2D eigenvalue weighted by atomic mass is 19.1. The maximum atomic E-state index is 13.3. The maximum absolute atomic E-state index is 13.3. The van der Waals surface area contributed by atoms with Gasteiger partial charge in [-0.3, -0.25) is 14.9 Å². The lowest BCUT2D eigenvalue weighted by molar-refractivity contribution is -0.142. The van der Waals surface area contributed by atoms with E-state index in [4.69, 9.17) is 0 Å². The molecule has 2 heterocycles. The first-order valence-electron chi connectivity index (χ1n) is 10.5. The fourth-order valence-corrected chi connectivity index (χ4v) is 4.69. The van der Waals surface area contributed by atoms with Crippen LogP contribution < -0.4 is 5.32 Å². The van der Waals surface area contributed by atoms with Gasteiger partial charge >= 0.3 is 0 Å². The van der Waals surface area contributed by atoms with Gasteiger partial charge in [-0.15, -0.1) is 0 Å². The third-order valence-electron chi connectivity index (χ3n) is 6.75. The minimum atomic E-state index is -0.420. The zero-order valence-corrected chi connectivity index (χ0v) is 16.8. The molecule has 152 valence electrons. The van der Waals surface area contributed by atoms with Gasteiger partial charge in [0.2, 0.25) is 11.8 Å². The maximum Gasteiger partial charge on any atom is 0.241 e. The molecule has 1 aromatic rings. The molecule has 4 rings (SSSR count). The summed E-state index contributed by atoms with van der Waals surface area (Å²) in [5, 5.41) is 3.62. The fourth-order valence-electron chi connectivity index (χ4n) is 4.69. The molecule has 0 radical (unpaired) electrons. The van der Waals surface area contributed by atoms with Crippen molar-refractivity contribution in [1.82, 2.24) is 15.1 Å². The van der Waals surface area contributed by atoms with E-state index in [0.717, 1.165) is 37.7 Å². The number of benzene rings is 1. The van der Waals surface area contributed by atoms with Gasteiger partial charge in [0, 0.05) is 38.4 Å². The summed E-state index contributed by atoms with van der Waals surface area (Å²) < 4.78 is 13.3. The number of halogens is 1. The number of rotatable bonds is 4. The summed E-state index contributed by atoms with van der Waals surface area (Å²) in [6.07, 6.45) is 4.67. The van der Waals surface area contributed by atoms with Gasteiger partial charge in [-0.1, -0.05) is 32.4 Å². The Labute approximate surface area is 166 Å². The predicted molar refractivity (Wildman–Crippen MR) is 105 cm³/mol. The van der Waals surface area contributed by atoms with Crippen molar-refractivity contribution in [2.24, 2.45) is 11.8 Å². The molecule has 3 aliphatic rings. The molecule has 1 atom stereocenters. The van der Waals surface area contributed by atoms with Crippen LogP contribution in [0.15, 0.2) is 24.3 Å². The van der Waals surface area contributed by atoms with Crippen molar-refractivity contribution < 1.29 is 14.0 Å². The van der Waals surface area contributed by atoms with E-state index in [-0.39, 0.29) is 35.5 Å². The van der Waals surface area contributed by atoms with Crippen molar-refractivity contribution in [2.45, 2.75) is 64.2 Å². The third kappa shape index (κ3) is 3.43. The van der Waals surface area contributed by atoms with E-state index in [2.05, 4.69) is 19.2 Å². The van der Waals surface area contributed by atoms with Crippen LogP contribution in [0.5, 0.6) is 0 Å². The molecule has 2 saturated heterocycles. The summed E-state index contributed by atoms with van der Waals surface area (Å²) in [5.41, 5.74) is 0.505. The normalized spacial score (nSPS) is 24.9. The molecule has 2 aliphatic heterocycles. The van der Waals surface area contributed by atoms with Crippen LogP contribution in [0.25, 0.3) is 0 Å². The van der Waals surface area contributed by atoms with Crippen molar-refractivity contribution in [3.63, 3.8) is 0 Å². The molecular weight excluding hydrogens is 357 g/mol. The van der Waals surface area contributed by atoms with Crippen LogP contribution in [0.2, 0.25) is 0 Å². The Bertz CT molecular complexity index is 737. The van der Waals surface area contributed by atoms with E-state index in [9.17, 15) is 14.0 Å². The van der Waals surface area contributed by atoms with E-state index in [1.807, 2.05) is 9.80 Å². The smallest absolute Gasteiger partial charge is 0.241 e. The highest BCUT2D eigenvalue weighted by Crippen LogP contribution is 2.37. The van der Waals surface area contributed by atoms with Crippen molar-refractivity contribution in [2.75, 3.05) is 13.1 Å². The molecule has 3 fully saturated rings. The van der Waals surface area contributed by atoms with Gasteiger partial charge in [0.05, 0.1) is 11.7 Å². The van der Waals surface area contributed by atoms with E-state index in [1.165, 1.54) is 12.1 Å². The number of hydrogen-bond donors (Lipinski definition) is 1. The number of hydrogen-bond acceptors (Lipinski definition) is 3. The van der Waals surface area contributed by atoms with Gasteiger partial charge in [0.1, 0.15) is 5.82 Å². The Hall–Kier alpha value is -1.95. The quantitative estimate of drug-likeness (QED) is 0.864. The van der Waals surface area contributed by atoms with E-state index in [1.54, 1.807) is 12.1 Å². The lowest BCUT2D eigenvalue weighted by Crippen LogP contribution is -2.60. The molecule has 1 aliphatic carbocycles. The molecule has 28 heavy (non-hydrogen) atoms. The highest BCUT2D eigenvalue weighted by molar-refractivity contribution is 5.85. The molecule has 0 aromatic heterocycles. The molecule has 6 heteroatoms. The number of likely N-dealkylation sites (tertiary alicyclic amines) is 1. The van der Waals surface area contributed by atoms with Gasteiger partial charge in [0.25, 0.3) is 0 Å². The Morgan fingerprint density at radius 3 is 2.39 bits per heavy atom.